The Balaban J connectivity index is 1.23. The topological polar surface area (TPSA) is 87.2 Å². The van der Waals surface area contributed by atoms with Crippen molar-refractivity contribution in [3.63, 3.8) is 0 Å². The van der Waals surface area contributed by atoms with Crippen molar-refractivity contribution in [2.24, 2.45) is 0 Å². The molecule has 0 atom stereocenters. The highest BCUT2D eigenvalue weighted by Crippen LogP contribution is 2.29. The number of halogens is 1. The third kappa shape index (κ3) is 6.10. The Morgan fingerprint density at radius 2 is 1.65 bits per heavy atom. The van der Waals surface area contributed by atoms with Gasteiger partial charge in [0.25, 0.3) is 0 Å². The Kier molecular flexibility index (Phi) is 7.75. The zero-order valence-electron chi connectivity index (χ0n) is 20.1. The number of ketones is 1. The standard InChI is InChI=1S/C26H34FN5O2/c1-32(2)25-21-5-3-4-6-22(21)30-26(31-25)29-20-13-11-19(12-14-20)28-24(34)16-15-23(33)17-7-9-18(27)10-8-17/h7-10,19-20H,3-6,11-16H2,1-2H3,(H,28,34)(H,29,30,31). The van der Waals surface area contributed by atoms with E-state index in [1.165, 1.54) is 48.4 Å². The lowest BCUT2D eigenvalue weighted by Crippen LogP contribution is -2.40. The van der Waals surface area contributed by atoms with E-state index in [1.807, 2.05) is 14.1 Å². The molecule has 0 unspecified atom stereocenters. The summed E-state index contributed by atoms with van der Waals surface area (Å²) in [6.45, 7) is 0. The molecule has 2 aliphatic rings. The van der Waals surface area contributed by atoms with Crippen molar-refractivity contribution in [2.45, 2.75) is 76.3 Å². The number of nitrogens with one attached hydrogen (secondary N) is 2. The number of amides is 1. The van der Waals surface area contributed by atoms with E-state index in [2.05, 4.69) is 15.5 Å². The highest BCUT2D eigenvalue weighted by Gasteiger charge is 2.25. The first-order valence-electron chi connectivity index (χ1n) is 12.3. The van der Waals surface area contributed by atoms with E-state index < -0.39 is 0 Å². The molecule has 1 heterocycles. The second kappa shape index (κ2) is 10.9. The van der Waals surface area contributed by atoms with Crippen LogP contribution in [0.15, 0.2) is 24.3 Å². The normalized spacial score (nSPS) is 19.7. The summed E-state index contributed by atoms with van der Waals surface area (Å²) >= 11 is 0. The van der Waals surface area contributed by atoms with Crippen molar-refractivity contribution in [1.82, 2.24) is 15.3 Å². The number of Topliss-reactive ketones (excluding diaryl/α,β-unsaturated/α-hetero) is 1. The minimum Gasteiger partial charge on any atom is -0.362 e. The zero-order chi connectivity index (χ0) is 24.1. The molecular weight excluding hydrogens is 433 g/mol. The van der Waals surface area contributed by atoms with Gasteiger partial charge in [-0.3, -0.25) is 9.59 Å². The second-order valence-corrected chi connectivity index (χ2v) is 9.59. The van der Waals surface area contributed by atoms with Gasteiger partial charge < -0.3 is 15.5 Å². The average Bonchev–Trinajstić information content (AvgIpc) is 2.83. The Morgan fingerprint density at radius 1 is 0.971 bits per heavy atom. The van der Waals surface area contributed by atoms with Crippen molar-refractivity contribution in [3.05, 3.63) is 46.9 Å². The van der Waals surface area contributed by atoms with Crippen LogP contribution in [0.1, 0.15) is 73.0 Å². The maximum Gasteiger partial charge on any atom is 0.225 e. The molecule has 2 aromatic rings. The number of nitrogens with zero attached hydrogens (tertiary/aromatic N) is 3. The van der Waals surface area contributed by atoms with Gasteiger partial charge in [-0.1, -0.05) is 0 Å². The maximum atomic E-state index is 13.0. The minimum atomic E-state index is -0.379. The molecule has 2 N–H and O–H groups in total. The van der Waals surface area contributed by atoms with Crippen LogP contribution in [-0.2, 0) is 17.6 Å². The van der Waals surface area contributed by atoms with Gasteiger partial charge in [-0.05, 0) is 75.6 Å². The lowest BCUT2D eigenvalue weighted by Gasteiger charge is -2.30. The Labute approximate surface area is 200 Å². The van der Waals surface area contributed by atoms with E-state index in [0.29, 0.717) is 11.5 Å². The number of hydrogen-bond donors (Lipinski definition) is 2. The quantitative estimate of drug-likeness (QED) is 0.570. The lowest BCUT2D eigenvalue weighted by atomic mass is 9.91. The summed E-state index contributed by atoms with van der Waals surface area (Å²) in [4.78, 5) is 36.2. The number of carbonyl (C=O) groups excluding carboxylic acids is 2. The molecular formula is C26H34FN5O2. The largest absolute Gasteiger partial charge is 0.362 e. The summed E-state index contributed by atoms with van der Waals surface area (Å²) in [6.07, 6.45) is 8.30. The number of benzene rings is 1. The Morgan fingerprint density at radius 3 is 2.35 bits per heavy atom. The predicted octanol–water partition coefficient (Wildman–Crippen LogP) is 4.06. The van der Waals surface area contributed by atoms with E-state index in [0.717, 1.165) is 44.3 Å². The van der Waals surface area contributed by atoms with Gasteiger partial charge in [0.15, 0.2) is 5.78 Å². The molecule has 0 aliphatic heterocycles. The van der Waals surface area contributed by atoms with Crippen LogP contribution in [0.2, 0.25) is 0 Å². The smallest absolute Gasteiger partial charge is 0.225 e. The number of aromatic nitrogens is 2. The Hall–Kier alpha value is -3.03. The van der Waals surface area contributed by atoms with E-state index in [-0.39, 0.29) is 42.4 Å². The van der Waals surface area contributed by atoms with Gasteiger partial charge in [-0.15, -0.1) is 0 Å². The molecule has 7 nitrogen and oxygen atoms in total. The van der Waals surface area contributed by atoms with Crippen LogP contribution in [0.25, 0.3) is 0 Å². The first-order valence-corrected chi connectivity index (χ1v) is 12.3. The second-order valence-electron chi connectivity index (χ2n) is 9.59. The van der Waals surface area contributed by atoms with Crippen molar-refractivity contribution in [1.29, 1.82) is 0 Å². The van der Waals surface area contributed by atoms with Gasteiger partial charge >= 0.3 is 0 Å². The van der Waals surface area contributed by atoms with Gasteiger partial charge in [0, 0.05) is 50.1 Å². The summed E-state index contributed by atoms with van der Waals surface area (Å²) < 4.78 is 13.0. The molecule has 0 bridgehead atoms. The van der Waals surface area contributed by atoms with E-state index >= 15 is 0 Å². The number of anilines is 2. The van der Waals surface area contributed by atoms with Crippen molar-refractivity contribution in [2.75, 3.05) is 24.3 Å². The van der Waals surface area contributed by atoms with Crippen molar-refractivity contribution in [3.8, 4) is 0 Å². The van der Waals surface area contributed by atoms with Gasteiger partial charge in [0.05, 0.1) is 5.69 Å². The predicted molar refractivity (Wildman–Crippen MR) is 131 cm³/mol. The van der Waals surface area contributed by atoms with Crippen molar-refractivity contribution < 1.29 is 14.0 Å². The van der Waals surface area contributed by atoms with Gasteiger partial charge in [-0.2, -0.15) is 4.98 Å². The summed E-state index contributed by atoms with van der Waals surface area (Å²) in [6, 6.07) is 5.83. The molecule has 2 aliphatic carbocycles. The molecule has 8 heteroatoms. The molecule has 1 fully saturated rings. The molecule has 4 rings (SSSR count). The molecule has 182 valence electrons. The van der Waals surface area contributed by atoms with Crippen LogP contribution in [-0.4, -0.2) is 47.8 Å². The van der Waals surface area contributed by atoms with Crippen LogP contribution in [0.4, 0.5) is 16.2 Å². The molecule has 1 aromatic heterocycles. The van der Waals surface area contributed by atoms with Crippen LogP contribution in [0, 0.1) is 5.82 Å². The Bertz CT molecular complexity index is 1020. The van der Waals surface area contributed by atoms with Crippen LogP contribution < -0.4 is 15.5 Å². The molecule has 34 heavy (non-hydrogen) atoms. The fraction of sp³-hybridized carbons (Fsp3) is 0.538. The number of hydrogen-bond acceptors (Lipinski definition) is 6. The van der Waals surface area contributed by atoms with Gasteiger partial charge in [0.1, 0.15) is 11.6 Å². The van der Waals surface area contributed by atoms with E-state index in [1.54, 1.807) is 0 Å². The first-order chi connectivity index (χ1) is 16.4. The molecule has 1 amide bonds. The number of fused-ring (bicyclic) bond motifs is 1. The lowest BCUT2D eigenvalue weighted by molar-refractivity contribution is -0.122. The average molecular weight is 468 g/mol. The molecule has 0 saturated heterocycles. The summed E-state index contributed by atoms with van der Waals surface area (Å²) in [5.41, 5.74) is 2.89. The van der Waals surface area contributed by atoms with E-state index in [9.17, 15) is 14.0 Å². The third-order valence-electron chi connectivity index (χ3n) is 6.76. The number of rotatable bonds is 8. The van der Waals surface area contributed by atoms with Gasteiger partial charge in [0.2, 0.25) is 11.9 Å². The van der Waals surface area contributed by atoms with Crippen LogP contribution in [0.5, 0.6) is 0 Å². The number of aryl methyl sites for hydroxylation is 1. The number of carbonyl (C=O) groups is 2. The minimum absolute atomic E-state index is 0.111. The van der Waals surface area contributed by atoms with Crippen LogP contribution >= 0.6 is 0 Å². The van der Waals surface area contributed by atoms with Crippen LogP contribution in [0.3, 0.4) is 0 Å². The van der Waals surface area contributed by atoms with E-state index in [4.69, 9.17) is 9.97 Å². The molecule has 1 aromatic carbocycles. The summed E-state index contributed by atoms with van der Waals surface area (Å²) in [7, 11) is 4.06. The summed E-state index contributed by atoms with van der Waals surface area (Å²) in [5.74, 6) is 1.08. The fourth-order valence-electron chi connectivity index (χ4n) is 4.88. The fourth-order valence-corrected chi connectivity index (χ4v) is 4.88. The highest BCUT2D eigenvalue weighted by atomic mass is 19.1. The van der Waals surface area contributed by atoms with Gasteiger partial charge in [-0.25, -0.2) is 9.37 Å². The third-order valence-corrected chi connectivity index (χ3v) is 6.76. The van der Waals surface area contributed by atoms with Crippen molar-refractivity contribution >= 4 is 23.5 Å². The monoisotopic (exact) mass is 467 g/mol. The zero-order valence-corrected chi connectivity index (χ0v) is 20.1. The molecule has 0 spiro atoms. The summed E-state index contributed by atoms with van der Waals surface area (Å²) in [5, 5.41) is 6.60. The first kappa shape index (κ1) is 24.1. The SMILES string of the molecule is CN(C)c1nc(NC2CCC(NC(=O)CCC(=O)c3ccc(F)cc3)CC2)nc2c1CCCC2. The highest BCUT2D eigenvalue weighted by molar-refractivity contribution is 5.97. The maximum absolute atomic E-state index is 13.0. The molecule has 0 radical (unpaired) electrons. The molecule has 1 saturated carbocycles.